The molecule has 106 valence electrons. The normalized spacial score (nSPS) is 10.5. The average Bonchev–Trinajstić information content (AvgIpc) is 2.66. The number of nitrogens with zero attached hydrogens (tertiary/aromatic N) is 3. The summed E-state index contributed by atoms with van der Waals surface area (Å²) in [5.41, 5.74) is 7.41. The second-order valence-corrected chi connectivity index (χ2v) is 4.51. The summed E-state index contributed by atoms with van der Waals surface area (Å²) in [7, 11) is 0. The number of rotatable bonds is 5. The third-order valence-corrected chi connectivity index (χ3v) is 2.86. The molecule has 0 radical (unpaired) electrons. The number of anilines is 3. The number of hydrogen-bond acceptors (Lipinski definition) is 5. The summed E-state index contributed by atoms with van der Waals surface area (Å²) in [6.45, 7) is 4.24. The Morgan fingerprint density at radius 3 is 2.85 bits per heavy atom. The molecule has 0 fully saturated rings. The zero-order valence-electron chi connectivity index (χ0n) is 11.5. The summed E-state index contributed by atoms with van der Waals surface area (Å²) in [4.78, 5) is 10.8. The zero-order valence-corrected chi connectivity index (χ0v) is 11.5. The third kappa shape index (κ3) is 2.71. The summed E-state index contributed by atoms with van der Waals surface area (Å²) >= 11 is 0. The number of aryl methyl sites for hydroxylation is 2. The monoisotopic (exact) mass is 275 g/mol. The number of hydrogen-bond donors (Lipinski definition) is 2. The minimum absolute atomic E-state index is 0.000810. The topological polar surface area (TPSA) is 99.0 Å². The summed E-state index contributed by atoms with van der Waals surface area (Å²) in [6, 6.07) is 7.08. The molecule has 1 heterocycles. The van der Waals surface area contributed by atoms with Crippen LogP contribution in [0.25, 0.3) is 0 Å². The molecular weight excluding hydrogens is 258 g/mol. The van der Waals surface area contributed by atoms with Crippen molar-refractivity contribution >= 4 is 22.9 Å². The van der Waals surface area contributed by atoms with E-state index in [-0.39, 0.29) is 5.69 Å². The maximum atomic E-state index is 11.2. The van der Waals surface area contributed by atoms with Gasteiger partial charge in [-0.15, -0.1) is 0 Å². The first-order valence-electron chi connectivity index (χ1n) is 6.37. The summed E-state index contributed by atoms with van der Waals surface area (Å²) in [5, 5.41) is 18.5. The van der Waals surface area contributed by atoms with Gasteiger partial charge in [0.05, 0.1) is 4.92 Å². The van der Waals surface area contributed by atoms with Crippen molar-refractivity contribution in [1.82, 2.24) is 9.78 Å². The number of nitrogens with one attached hydrogen (secondary N) is 1. The van der Waals surface area contributed by atoms with Crippen LogP contribution in [0, 0.1) is 17.0 Å². The number of nitro groups is 1. The van der Waals surface area contributed by atoms with Crippen LogP contribution in [-0.4, -0.2) is 14.7 Å². The molecule has 0 atom stereocenters. The molecule has 3 N–H and O–H groups in total. The molecule has 0 aliphatic heterocycles. The Hall–Kier alpha value is -2.57. The molecule has 0 aliphatic rings. The van der Waals surface area contributed by atoms with Crippen molar-refractivity contribution < 1.29 is 4.92 Å². The Balaban J connectivity index is 2.45. The standard InChI is InChI=1S/C13H17N5O2/c1-3-7-17-13(12(18(19)20)9(2)16-17)15-11-6-4-5-10(14)8-11/h4-6,8,15H,3,7,14H2,1-2H3. The lowest BCUT2D eigenvalue weighted by Crippen LogP contribution is -2.05. The van der Waals surface area contributed by atoms with Crippen LogP contribution in [0.1, 0.15) is 19.0 Å². The zero-order chi connectivity index (χ0) is 14.7. The fourth-order valence-corrected chi connectivity index (χ4v) is 2.04. The van der Waals surface area contributed by atoms with Crippen molar-refractivity contribution in [2.24, 2.45) is 0 Å². The molecule has 0 aliphatic carbocycles. The second kappa shape index (κ2) is 5.60. The molecule has 0 bridgehead atoms. The first-order valence-corrected chi connectivity index (χ1v) is 6.37. The van der Waals surface area contributed by atoms with E-state index in [4.69, 9.17) is 5.73 Å². The van der Waals surface area contributed by atoms with Crippen LogP contribution in [0.2, 0.25) is 0 Å². The van der Waals surface area contributed by atoms with Crippen molar-refractivity contribution in [3.05, 3.63) is 40.1 Å². The predicted molar refractivity (Wildman–Crippen MR) is 78.0 cm³/mol. The van der Waals surface area contributed by atoms with E-state index in [1.807, 2.05) is 6.92 Å². The Kier molecular flexibility index (Phi) is 3.88. The van der Waals surface area contributed by atoms with E-state index >= 15 is 0 Å². The van der Waals surface area contributed by atoms with E-state index in [1.165, 1.54) is 0 Å². The van der Waals surface area contributed by atoms with Crippen molar-refractivity contribution in [2.45, 2.75) is 26.8 Å². The van der Waals surface area contributed by atoms with Crippen LogP contribution in [0.15, 0.2) is 24.3 Å². The maximum Gasteiger partial charge on any atom is 0.334 e. The van der Waals surface area contributed by atoms with Gasteiger partial charge >= 0.3 is 5.69 Å². The highest BCUT2D eigenvalue weighted by atomic mass is 16.6. The third-order valence-electron chi connectivity index (χ3n) is 2.86. The lowest BCUT2D eigenvalue weighted by Gasteiger charge is -2.09. The molecule has 1 aromatic carbocycles. The Morgan fingerprint density at radius 2 is 2.25 bits per heavy atom. The second-order valence-electron chi connectivity index (χ2n) is 4.51. The fourth-order valence-electron chi connectivity index (χ4n) is 2.04. The minimum Gasteiger partial charge on any atom is -0.399 e. The molecule has 20 heavy (non-hydrogen) atoms. The fraction of sp³-hybridized carbons (Fsp3) is 0.308. The highest BCUT2D eigenvalue weighted by molar-refractivity contribution is 5.69. The molecule has 7 nitrogen and oxygen atoms in total. The highest BCUT2D eigenvalue weighted by Crippen LogP contribution is 2.31. The molecule has 2 rings (SSSR count). The van der Waals surface area contributed by atoms with Gasteiger partial charge in [-0.2, -0.15) is 5.10 Å². The number of benzene rings is 1. The summed E-state index contributed by atoms with van der Waals surface area (Å²) < 4.78 is 1.62. The van der Waals surface area contributed by atoms with Crippen molar-refractivity contribution in [2.75, 3.05) is 11.1 Å². The van der Waals surface area contributed by atoms with Crippen molar-refractivity contribution in [3.63, 3.8) is 0 Å². The van der Waals surface area contributed by atoms with Crippen LogP contribution in [0.5, 0.6) is 0 Å². The molecule has 0 amide bonds. The first-order chi connectivity index (χ1) is 9.52. The van der Waals surface area contributed by atoms with Gasteiger partial charge in [-0.25, -0.2) is 4.68 Å². The van der Waals surface area contributed by atoms with E-state index in [0.717, 1.165) is 6.42 Å². The Bertz CT molecular complexity index is 636. The van der Waals surface area contributed by atoms with Gasteiger partial charge in [0.1, 0.15) is 5.69 Å². The minimum atomic E-state index is -0.414. The summed E-state index contributed by atoms with van der Waals surface area (Å²) in [5.74, 6) is 0.389. The lowest BCUT2D eigenvalue weighted by atomic mass is 10.3. The van der Waals surface area contributed by atoms with Crippen LogP contribution >= 0.6 is 0 Å². The van der Waals surface area contributed by atoms with Crippen molar-refractivity contribution in [1.29, 1.82) is 0 Å². The van der Waals surface area contributed by atoms with E-state index in [9.17, 15) is 10.1 Å². The van der Waals surface area contributed by atoms with Gasteiger partial charge in [0.25, 0.3) is 0 Å². The highest BCUT2D eigenvalue weighted by Gasteiger charge is 2.25. The van der Waals surface area contributed by atoms with Gasteiger partial charge in [0, 0.05) is 17.9 Å². The van der Waals surface area contributed by atoms with Gasteiger partial charge in [0.15, 0.2) is 0 Å². The van der Waals surface area contributed by atoms with Crippen LogP contribution in [0.4, 0.5) is 22.9 Å². The smallest absolute Gasteiger partial charge is 0.334 e. The number of nitrogens with two attached hydrogens (primary N) is 1. The van der Waals surface area contributed by atoms with E-state index in [0.29, 0.717) is 29.4 Å². The van der Waals surface area contributed by atoms with Crippen LogP contribution < -0.4 is 11.1 Å². The first kappa shape index (κ1) is 13.9. The maximum absolute atomic E-state index is 11.2. The van der Waals surface area contributed by atoms with E-state index < -0.39 is 4.92 Å². The van der Waals surface area contributed by atoms with Gasteiger partial charge in [0.2, 0.25) is 5.82 Å². The Morgan fingerprint density at radius 1 is 1.50 bits per heavy atom. The lowest BCUT2D eigenvalue weighted by molar-refractivity contribution is -0.384. The molecule has 1 aromatic heterocycles. The summed E-state index contributed by atoms with van der Waals surface area (Å²) in [6.07, 6.45) is 0.837. The van der Waals surface area contributed by atoms with Crippen LogP contribution in [0.3, 0.4) is 0 Å². The molecule has 0 spiro atoms. The van der Waals surface area contributed by atoms with Gasteiger partial charge in [-0.1, -0.05) is 13.0 Å². The Labute approximate surface area is 116 Å². The quantitative estimate of drug-likeness (QED) is 0.496. The van der Waals surface area contributed by atoms with Crippen LogP contribution in [-0.2, 0) is 6.54 Å². The molecular formula is C13H17N5O2. The predicted octanol–water partition coefficient (Wildman–Crippen LogP) is 2.84. The van der Waals surface area contributed by atoms with Gasteiger partial charge in [-0.05, 0) is 31.5 Å². The molecule has 0 saturated heterocycles. The number of aromatic nitrogens is 2. The van der Waals surface area contributed by atoms with Crippen molar-refractivity contribution in [3.8, 4) is 0 Å². The average molecular weight is 275 g/mol. The largest absolute Gasteiger partial charge is 0.399 e. The van der Waals surface area contributed by atoms with E-state index in [2.05, 4.69) is 10.4 Å². The molecule has 7 heteroatoms. The number of nitrogen functional groups attached to an aromatic ring is 1. The SMILES string of the molecule is CCCn1nc(C)c([N+](=O)[O-])c1Nc1cccc(N)c1. The molecule has 0 unspecified atom stereocenters. The van der Waals surface area contributed by atoms with E-state index in [1.54, 1.807) is 35.9 Å². The van der Waals surface area contributed by atoms with Gasteiger partial charge in [-0.3, -0.25) is 10.1 Å². The molecule has 0 saturated carbocycles. The molecule has 2 aromatic rings. The van der Waals surface area contributed by atoms with Gasteiger partial charge < -0.3 is 11.1 Å².